The van der Waals surface area contributed by atoms with Gasteiger partial charge in [-0.2, -0.15) is 0 Å². The maximum atomic E-state index is 11.0. The summed E-state index contributed by atoms with van der Waals surface area (Å²) in [6, 6.07) is 0. The Morgan fingerprint density at radius 3 is 1.55 bits per heavy atom. The summed E-state index contributed by atoms with van der Waals surface area (Å²) in [5.74, 6) is 0. The van der Waals surface area contributed by atoms with E-state index in [0.717, 1.165) is 4.90 Å². The lowest BCUT2D eigenvalue weighted by Gasteiger charge is -2.35. The summed E-state index contributed by atoms with van der Waals surface area (Å²) in [4.78, 5) is 44.8. The highest BCUT2D eigenvalue weighted by Gasteiger charge is 2.59. The molecule has 0 radical (unpaired) electrons. The Kier molecular flexibility index (Phi) is 3.63. The summed E-state index contributed by atoms with van der Waals surface area (Å²) in [6.07, 6.45) is -3.76. The first-order chi connectivity index (χ1) is 10.2. The Hall–Kier alpha value is -3.24. The van der Waals surface area contributed by atoms with E-state index in [1.54, 1.807) is 0 Å². The second kappa shape index (κ2) is 5.27. The Morgan fingerprint density at radius 2 is 1.18 bits per heavy atom. The van der Waals surface area contributed by atoms with E-state index in [-0.39, 0.29) is 0 Å². The molecule has 22 heavy (non-hydrogen) atoms. The van der Waals surface area contributed by atoms with Crippen LogP contribution in [0.3, 0.4) is 0 Å². The number of hydrogen-bond acceptors (Lipinski definition) is 9. The van der Waals surface area contributed by atoms with Crippen molar-refractivity contribution in [3.8, 4) is 0 Å². The van der Waals surface area contributed by atoms with E-state index in [1.165, 1.54) is 5.43 Å². The van der Waals surface area contributed by atoms with Crippen molar-refractivity contribution in [2.75, 3.05) is 20.0 Å². The minimum Gasteiger partial charge on any atom is -0.235 e. The molecule has 0 aromatic rings. The molecule has 0 saturated carbocycles. The van der Waals surface area contributed by atoms with Crippen LogP contribution in [-0.2, 0) is 0 Å². The van der Waals surface area contributed by atoms with E-state index in [9.17, 15) is 40.5 Å². The molecule has 0 aromatic carbocycles. The van der Waals surface area contributed by atoms with Gasteiger partial charge in [-0.25, -0.2) is 45.4 Å². The van der Waals surface area contributed by atoms with E-state index in [1.807, 2.05) is 0 Å². The van der Waals surface area contributed by atoms with Crippen LogP contribution in [0.25, 0.3) is 0 Å². The van der Waals surface area contributed by atoms with Crippen LogP contribution in [0.2, 0.25) is 0 Å². The molecule has 3 aliphatic rings. The fourth-order valence-corrected chi connectivity index (χ4v) is 2.33. The van der Waals surface area contributed by atoms with Gasteiger partial charge in [0.25, 0.3) is 12.3 Å². The van der Waals surface area contributed by atoms with Gasteiger partial charge in [-0.05, 0) is 0 Å². The standard InChI is InChI=1S/C5H9N9O8/c15-11(16)6-4-5-9(13(19)20)2-7(1-8(4)12(17)18)3-10(5)14(21)22/h4-6H,1-3H2. The summed E-state index contributed by atoms with van der Waals surface area (Å²) in [5, 5.41) is 40.6. The molecule has 3 heterocycles. The first-order valence-electron chi connectivity index (χ1n) is 5.58. The van der Waals surface area contributed by atoms with Crippen molar-refractivity contribution in [1.29, 1.82) is 0 Å². The van der Waals surface area contributed by atoms with Gasteiger partial charge in [-0.1, -0.05) is 15.0 Å². The van der Waals surface area contributed by atoms with Crippen LogP contribution in [0.4, 0.5) is 0 Å². The van der Waals surface area contributed by atoms with Crippen LogP contribution in [0.1, 0.15) is 0 Å². The van der Waals surface area contributed by atoms with Crippen LogP contribution in [0, 0.1) is 40.5 Å². The SMILES string of the molecule is O=[N+]([O-])NC1C2N([N+](=O)[O-])CN(CN1[N+](=O)[O-])CN2[N+](=O)[O-]. The van der Waals surface area contributed by atoms with Crippen molar-refractivity contribution in [1.82, 2.24) is 25.4 Å². The minimum absolute atomic E-state index is 0.306. The van der Waals surface area contributed by atoms with Gasteiger partial charge in [0.15, 0.2) is 20.1 Å². The van der Waals surface area contributed by atoms with Crippen molar-refractivity contribution in [2.45, 2.75) is 12.3 Å². The normalized spacial score (nSPS) is 27.3. The largest absolute Gasteiger partial charge is 0.269 e. The smallest absolute Gasteiger partial charge is 0.235 e. The van der Waals surface area contributed by atoms with E-state index in [0.29, 0.717) is 15.0 Å². The van der Waals surface area contributed by atoms with E-state index >= 15 is 0 Å². The molecule has 1 unspecified atom stereocenters. The Bertz CT molecular complexity index is 486. The molecule has 17 heteroatoms. The van der Waals surface area contributed by atoms with Gasteiger partial charge in [0, 0.05) is 0 Å². The predicted octanol–water partition coefficient (Wildman–Crippen LogP) is -2.90. The molecule has 1 N–H and O–H groups in total. The molecule has 1 atom stereocenters. The molecule has 0 aliphatic carbocycles. The number of nitrogens with one attached hydrogen (secondary N) is 1. The lowest BCUT2D eigenvalue weighted by Crippen LogP contribution is -2.69. The number of hydrazine groups is 4. The molecule has 0 spiro atoms. The minimum atomic E-state index is -1.91. The van der Waals surface area contributed by atoms with Gasteiger partial charge in [0.2, 0.25) is 0 Å². The van der Waals surface area contributed by atoms with Crippen molar-refractivity contribution < 1.29 is 20.1 Å². The average Bonchev–Trinajstić information content (AvgIpc) is 2.64. The average molecular weight is 323 g/mol. The maximum absolute atomic E-state index is 11.0. The number of fused-ring (bicyclic) bond motifs is 4. The highest BCUT2D eigenvalue weighted by molar-refractivity contribution is 4.82. The molecular formula is C5H9N9O8. The lowest BCUT2D eigenvalue weighted by atomic mass is 10.3. The van der Waals surface area contributed by atoms with Crippen LogP contribution < -0.4 is 5.43 Å². The third-order valence-corrected chi connectivity index (χ3v) is 3.12. The number of nitrogens with zero attached hydrogens (tertiary/aromatic N) is 8. The molecule has 17 nitrogen and oxygen atoms in total. The fraction of sp³-hybridized carbons (Fsp3) is 1.00. The first kappa shape index (κ1) is 15.2. The topological polar surface area (TPSA) is 198 Å². The van der Waals surface area contributed by atoms with Crippen LogP contribution >= 0.6 is 0 Å². The highest BCUT2D eigenvalue weighted by Crippen LogP contribution is 2.25. The zero-order chi connectivity index (χ0) is 16.6. The number of nitro groups is 4. The van der Waals surface area contributed by atoms with Crippen LogP contribution in [0.15, 0.2) is 0 Å². The molecule has 3 aliphatic heterocycles. The molecule has 3 rings (SSSR count). The van der Waals surface area contributed by atoms with Crippen LogP contribution in [0.5, 0.6) is 0 Å². The molecule has 0 amide bonds. The Labute approximate surface area is 119 Å². The highest BCUT2D eigenvalue weighted by atomic mass is 16.7. The fourth-order valence-electron chi connectivity index (χ4n) is 2.33. The monoisotopic (exact) mass is 323 g/mol. The zero-order valence-corrected chi connectivity index (χ0v) is 10.6. The van der Waals surface area contributed by atoms with Crippen LogP contribution in [-0.4, -0.2) is 72.4 Å². The summed E-state index contributed by atoms with van der Waals surface area (Å²) in [5.41, 5.74) is 1.54. The first-order valence-corrected chi connectivity index (χ1v) is 5.58. The molecule has 3 saturated heterocycles. The molecule has 0 aromatic heterocycles. The molecule has 122 valence electrons. The summed E-state index contributed by atoms with van der Waals surface area (Å²) < 4.78 is 0. The second-order valence-electron chi connectivity index (χ2n) is 4.37. The van der Waals surface area contributed by atoms with E-state index < -0.39 is 52.5 Å². The molecule has 3 fully saturated rings. The summed E-state index contributed by atoms with van der Waals surface area (Å²) in [7, 11) is 0. The third-order valence-electron chi connectivity index (χ3n) is 3.12. The number of hydrogen-bond donors (Lipinski definition) is 1. The van der Waals surface area contributed by atoms with Crippen molar-refractivity contribution in [3.05, 3.63) is 40.5 Å². The summed E-state index contributed by atoms with van der Waals surface area (Å²) in [6.45, 7) is -1.48. The van der Waals surface area contributed by atoms with Crippen molar-refractivity contribution in [2.24, 2.45) is 0 Å². The van der Waals surface area contributed by atoms with Gasteiger partial charge in [-0.15, -0.1) is 5.43 Å². The van der Waals surface area contributed by atoms with Gasteiger partial charge < -0.3 is 0 Å². The lowest BCUT2D eigenvalue weighted by molar-refractivity contribution is -0.752. The van der Waals surface area contributed by atoms with E-state index in [4.69, 9.17) is 0 Å². The van der Waals surface area contributed by atoms with Gasteiger partial charge in [-0.3, -0.25) is 0 Å². The Morgan fingerprint density at radius 1 is 0.773 bits per heavy atom. The molecule has 2 bridgehead atoms. The van der Waals surface area contributed by atoms with Gasteiger partial charge in [0.05, 0.1) is 0 Å². The van der Waals surface area contributed by atoms with Crippen molar-refractivity contribution >= 4 is 0 Å². The van der Waals surface area contributed by atoms with Crippen molar-refractivity contribution in [3.63, 3.8) is 0 Å². The third kappa shape index (κ3) is 2.51. The van der Waals surface area contributed by atoms with E-state index in [2.05, 4.69) is 0 Å². The maximum Gasteiger partial charge on any atom is 0.269 e. The zero-order valence-electron chi connectivity index (χ0n) is 10.6. The van der Waals surface area contributed by atoms with Gasteiger partial charge in [0.1, 0.15) is 20.0 Å². The predicted molar refractivity (Wildman–Crippen MR) is 60.6 cm³/mol. The summed E-state index contributed by atoms with van der Waals surface area (Å²) >= 11 is 0. The van der Waals surface area contributed by atoms with Gasteiger partial charge >= 0.3 is 0 Å². The molecular weight excluding hydrogens is 314 g/mol. The second-order valence-corrected chi connectivity index (χ2v) is 4.37. The number of rotatable bonds is 5. The Balaban J connectivity index is 2.49. The quantitative estimate of drug-likeness (QED) is 0.399.